The van der Waals surface area contributed by atoms with Gasteiger partial charge in [-0.25, -0.2) is 4.98 Å². The Labute approximate surface area is 107 Å². The van der Waals surface area contributed by atoms with Gasteiger partial charge in [-0.3, -0.25) is 0 Å². The molecular weight excluding hydrogens is 222 g/mol. The third kappa shape index (κ3) is 2.86. The molecule has 1 N–H and O–H groups in total. The van der Waals surface area contributed by atoms with E-state index in [-0.39, 0.29) is 0 Å². The van der Waals surface area contributed by atoms with Gasteiger partial charge in [0.25, 0.3) is 0 Å². The standard InChI is InChI=1S/C15H15N3/c1-2-13-5-3-4-6-14(13)11-18-15-9-12(10-16)7-8-17-15/h3-9H,2,11H2,1H3,(H,17,18). The molecule has 0 atom stereocenters. The SMILES string of the molecule is CCc1ccccc1CNc1cc(C#N)ccn1. The summed E-state index contributed by atoms with van der Waals surface area (Å²) in [6.45, 7) is 2.87. The average Bonchev–Trinajstić information content (AvgIpc) is 2.45. The number of anilines is 1. The predicted molar refractivity (Wildman–Crippen MR) is 72.1 cm³/mol. The number of aromatic nitrogens is 1. The highest BCUT2D eigenvalue weighted by Gasteiger charge is 2.00. The van der Waals surface area contributed by atoms with Crippen molar-refractivity contribution in [3.63, 3.8) is 0 Å². The molecule has 1 heterocycles. The van der Waals surface area contributed by atoms with Crippen LogP contribution in [0, 0.1) is 11.3 Å². The molecule has 0 amide bonds. The van der Waals surface area contributed by atoms with Crippen molar-refractivity contribution in [3.8, 4) is 6.07 Å². The van der Waals surface area contributed by atoms with E-state index in [1.54, 1.807) is 18.3 Å². The average molecular weight is 237 g/mol. The maximum atomic E-state index is 8.82. The second kappa shape index (κ2) is 5.83. The zero-order valence-electron chi connectivity index (χ0n) is 10.4. The molecule has 0 aliphatic carbocycles. The molecule has 18 heavy (non-hydrogen) atoms. The van der Waals surface area contributed by atoms with Crippen LogP contribution < -0.4 is 5.32 Å². The van der Waals surface area contributed by atoms with Gasteiger partial charge in [0.2, 0.25) is 0 Å². The lowest BCUT2D eigenvalue weighted by atomic mass is 10.1. The van der Waals surface area contributed by atoms with Gasteiger partial charge in [-0.15, -0.1) is 0 Å². The monoisotopic (exact) mass is 237 g/mol. The van der Waals surface area contributed by atoms with Gasteiger partial charge in [0, 0.05) is 12.7 Å². The van der Waals surface area contributed by atoms with Gasteiger partial charge in [-0.1, -0.05) is 31.2 Å². The molecule has 0 aliphatic heterocycles. The molecule has 0 bridgehead atoms. The summed E-state index contributed by atoms with van der Waals surface area (Å²) in [6, 6.07) is 13.9. The number of benzene rings is 1. The van der Waals surface area contributed by atoms with Crippen LogP contribution in [0.1, 0.15) is 23.6 Å². The van der Waals surface area contributed by atoms with E-state index in [4.69, 9.17) is 5.26 Å². The number of rotatable bonds is 4. The normalized spacial score (nSPS) is 9.78. The summed E-state index contributed by atoms with van der Waals surface area (Å²) in [5.41, 5.74) is 3.22. The minimum Gasteiger partial charge on any atom is -0.366 e. The van der Waals surface area contributed by atoms with Crippen molar-refractivity contribution in [1.29, 1.82) is 5.26 Å². The number of aryl methyl sites for hydroxylation is 1. The maximum Gasteiger partial charge on any atom is 0.127 e. The van der Waals surface area contributed by atoms with Crippen LogP contribution in [0.3, 0.4) is 0 Å². The number of nitrogens with zero attached hydrogens (tertiary/aromatic N) is 2. The van der Waals surface area contributed by atoms with Crippen LogP contribution in [0.5, 0.6) is 0 Å². The molecule has 0 unspecified atom stereocenters. The van der Waals surface area contributed by atoms with Gasteiger partial charge >= 0.3 is 0 Å². The smallest absolute Gasteiger partial charge is 0.127 e. The summed E-state index contributed by atoms with van der Waals surface area (Å²) in [4.78, 5) is 4.20. The fourth-order valence-electron chi connectivity index (χ4n) is 1.86. The molecule has 2 rings (SSSR count). The fraction of sp³-hybridized carbons (Fsp3) is 0.200. The topological polar surface area (TPSA) is 48.7 Å². The minimum absolute atomic E-state index is 0.622. The predicted octanol–water partition coefficient (Wildman–Crippen LogP) is 3.13. The Bertz CT molecular complexity index is 570. The van der Waals surface area contributed by atoms with Crippen LogP contribution in [-0.2, 0) is 13.0 Å². The Hall–Kier alpha value is -2.34. The van der Waals surface area contributed by atoms with E-state index >= 15 is 0 Å². The summed E-state index contributed by atoms with van der Waals surface area (Å²) in [6.07, 6.45) is 2.66. The Balaban J connectivity index is 2.09. The van der Waals surface area contributed by atoms with Crippen LogP contribution >= 0.6 is 0 Å². The number of nitriles is 1. The Morgan fingerprint density at radius 2 is 2.00 bits per heavy atom. The minimum atomic E-state index is 0.622. The number of nitrogens with one attached hydrogen (secondary N) is 1. The Morgan fingerprint density at radius 3 is 2.72 bits per heavy atom. The third-order valence-electron chi connectivity index (χ3n) is 2.85. The number of hydrogen-bond acceptors (Lipinski definition) is 3. The molecule has 90 valence electrons. The summed E-state index contributed by atoms with van der Waals surface area (Å²) in [5, 5.41) is 12.1. The molecule has 0 spiro atoms. The van der Waals surface area contributed by atoms with Crippen LogP contribution in [0.4, 0.5) is 5.82 Å². The molecule has 2 aromatic rings. The number of hydrogen-bond donors (Lipinski definition) is 1. The molecule has 1 aromatic carbocycles. The second-order valence-electron chi connectivity index (χ2n) is 4.02. The highest BCUT2D eigenvalue weighted by Crippen LogP contribution is 2.12. The molecule has 0 fully saturated rings. The van der Waals surface area contributed by atoms with Crippen LogP contribution in [0.2, 0.25) is 0 Å². The number of pyridine rings is 1. The summed E-state index contributed by atoms with van der Waals surface area (Å²) >= 11 is 0. The summed E-state index contributed by atoms with van der Waals surface area (Å²) in [5.74, 6) is 0.736. The van der Waals surface area contributed by atoms with Crippen molar-refractivity contribution in [3.05, 3.63) is 59.3 Å². The van der Waals surface area contributed by atoms with Crippen LogP contribution in [0.15, 0.2) is 42.6 Å². The van der Waals surface area contributed by atoms with Crippen LogP contribution in [-0.4, -0.2) is 4.98 Å². The fourth-order valence-corrected chi connectivity index (χ4v) is 1.86. The molecule has 1 aromatic heterocycles. The molecule has 0 aliphatic rings. The van der Waals surface area contributed by atoms with E-state index in [0.29, 0.717) is 5.56 Å². The van der Waals surface area contributed by atoms with E-state index in [9.17, 15) is 0 Å². The van der Waals surface area contributed by atoms with E-state index in [0.717, 1.165) is 18.8 Å². The molecule has 0 saturated carbocycles. The molecule has 3 heteroatoms. The summed E-state index contributed by atoms with van der Waals surface area (Å²) < 4.78 is 0. The van der Waals surface area contributed by atoms with E-state index in [1.807, 2.05) is 6.07 Å². The van der Waals surface area contributed by atoms with Crippen molar-refractivity contribution in [2.24, 2.45) is 0 Å². The Morgan fingerprint density at radius 1 is 1.22 bits per heavy atom. The lowest BCUT2D eigenvalue weighted by molar-refractivity contribution is 1.03. The second-order valence-corrected chi connectivity index (χ2v) is 4.02. The van der Waals surface area contributed by atoms with Crippen molar-refractivity contribution in [2.75, 3.05) is 5.32 Å². The third-order valence-corrected chi connectivity index (χ3v) is 2.85. The largest absolute Gasteiger partial charge is 0.366 e. The van der Waals surface area contributed by atoms with E-state index in [2.05, 4.69) is 41.5 Å². The summed E-state index contributed by atoms with van der Waals surface area (Å²) in [7, 11) is 0. The highest BCUT2D eigenvalue weighted by atomic mass is 15.0. The van der Waals surface area contributed by atoms with Crippen LogP contribution in [0.25, 0.3) is 0 Å². The van der Waals surface area contributed by atoms with Crippen molar-refractivity contribution in [2.45, 2.75) is 19.9 Å². The molecule has 0 radical (unpaired) electrons. The lowest BCUT2D eigenvalue weighted by Crippen LogP contribution is -2.03. The van der Waals surface area contributed by atoms with Gasteiger partial charge in [0.1, 0.15) is 5.82 Å². The molecular formula is C15H15N3. The van der Waals surface area contributed by atoms with Gasteiger partial charge < -0.3 is 5.32 Å². The zero-order chi connectivity index (χ0) is 12.8. The zero-order valence-corrected chi connectivity index (χ0v) is 10.4. The lowest BCUT2D eigenvalue weighted by Gasteiger charge is -2.09. The van der Waals surface area contributed by atoms with E-state index < -0.39 is 0 Å². The quantitative estimate of drug-likeness (QED) is 0.888. The molecule has 0 saturated heterocycles. The first-order valence-electron chi connectivity index (χ1n) is 6.00. The van der Waals surface area contributed by atoms with Crippen molar-refractivity contribution >= 4 is 5.82 Å². The van der Waals surface area contributed by atoms with Gasteiger partial charge in [-0.05, 0) is 29.7 Å². The van der Waals surface area contributed by atoms with Gasteiger partial charge in [-0.2, -0.15) is 5.26 Å². The first kappa shape index (κ1) is 12.1. The van der Waals surface area contributed by atoms with E-state index in [1.165, 1.54) is 11.1 Å². The highest BCUT2D eigenvalue weighted by molar-refractivity contribution is 5.43. The Kier molecular flexibility index (Phi) is 3.93. The first-order valence-corrected chi connectivity index (χ1v) is 6.00. The van der Waals surface area contributed by atoms with Crippen molar-refractivity contribution < 1.29 is 0 Å². The molecule has 3 nitrogen and oxygen atoms in total. The first-order chi connectivity index (χ1) is 8.83. The van der Waals surface area contributed by atoms with Crippen molar-refractivity contribution in [1.82, 2.24) is 4.98 Å². The maximum absolute atomic E-state index is 8.82. The van der Waals surface area contributed by atoms with Gasteiger partial charge in [0.05, 0.1) is 11.6 Å². The van der Waals surface area contributed by atoms with Gasteiger partial charge in [0.15, 0.2) is 0 Å².